The molecule has 2 saturated heterocycles. The standard InChI is InChI=1S/C24H31F3N6O4/c1-23(17-32-15-21(33(34)35)28-22(32)37-23)16-30-10-12-31(13-11-30)19-6-8-29(9-7-19)14-18-2-4-20(5-3-18)36-24(25,26)27/h2-5,15,19H,6-14,16-17H2,1H3/t23-/m0/s1. The molecule has 1 aromatic carbocycles. The average molecular weight is 525 g/mol. The summed E-state index contributed by atoms with van der Waals surface area (Å²) in [6.07, 6.45) is -1.11. The zero-order valence-corrected chi connectivity index (χ0v) is 20.7. The Kier molecular flexibility index (Phi) is 7.03. The third-order valence-corrected chi connectivity index (χ3v) is 7.36. The van der Waals surface area contributed by atoms with E-state index in [4.69, 9.17) is 4.74 Å². The maximum absolute atomic E-state index is 12.3. The van der Waals surface area contributed by atoms with E-state index in [0.29, 0.717) is 25.1 Å². The summed E-state index contributed by atoms with van der Waals surface area (Å²) >= 11 is 0. The largest absolute Gasteiger partial charge is 0.573 e. The molecule has 0 aliphatic carbocycles. The summed E-state index contributed by atoms with van der Waals surface area (Å²) in [7, 11) is 0. The molecule has 37 heavy (non-hydrogen) atoms. The van der Waals surface area contributed by atoms with E-state index < -0.39 is 16.9 Å². The number of rotatable bonds is 7. The predicted molar refractivity (Wildman–Crippen MR) is 127 cm³/mol. The number of likely N-dealkylation sites (tertiary alicyclic amines) is 1. The number of benzene rings is 1. The summed E-state index contributed by atoms with van der Waals surface area (Å²) in [5, 5.41) is 10.9. The molecule has 4 heterocycles. The zero-order chi connectivity index (χ0) is 26.2. The minimum Gasteiger partial charge on any atom is -0.436 e. The first kappa shape index (κ1) is 25.7. The van der Waals surface area contributed by atoms with Crippen LogP contribution in [0.5, 0.6) is 11.8 Å². The number of nitro groups is 1. The van der Waals surface area contributed by atoms with E-state index >= 15 is 0 Å². The van der Waals surface area contributed by atoms with Crippen LogP contribution < -0.4 is 9.47 Å². The number of alkyl halides is 3. The van der Waals surface area contributed by atoms with Crippen molar-refractivity contribution >= 4 is 5.82 Å². The van der Waals surface area contributed by atoms with E-state index in [0.717, 1.165) is 64.2 Å². The minimum atomic E-state index is -4.67. The van der Waals surface area contributed by atoms with E-state index in [1.807, 2.05) is 6.92 Å². The van der Waals surface area contributed by atoms with Gasteiger partial charge in [-0.25, -0.2) is 0 Å². The van der Waals surface area contributed by atoms with Crippen LogP contribution in [0.15, 0.2) is 30.5 Å². The maximum atomic E-state index is 12.3. The summed E-state index contributed by atoms with van der Waals surface area (Å²) in [6.45, 7) is 9.77. The molecule has 0 unspecified atom stereocenters. The van der Waals surface area contributed by atoms with E-state index in [-0.39, 0.29) is 11.6 Å². The van der Waals surface area contributed by atoms with Crippen molar-refractivity contribution in [3.05, 3.63) is 46.1 Å². The maximum Gasteiger partial charge on any atom is 0.573 e. The molecule has 13 heteroatoms. The summed E-state index contributed by atoms with van der Waals surface area (Å²) in [5.74, 6) is -0.386. The second kappa shape index (κ2) is 10.1. The molecule has 0 bridgehead atoms. The van der Waals surface area contributed by atoms with Gasteiger partial charge in [0.15, 0.2) is 0 Å². The number of hydrogen-bond acceptors (Lipinski definition) is 8. The van der Waals surface area contributed by atoms with Gasteiger partial charge in [0.1, 0.15) is 17.5 Å². The third-order valence-electron chi connectivity index (χ3n) is 7.36. The number of ether oxygens (including phenoxy) is 2. The van der Waals surface area contributed by atoms with Gasteiger partial charge in [0, 0.05) is 50.3 Å². The fourth-order valence-corrected chi connectivity index (χ4v) is 5.62. The van der Waals surface area contributed by atoms with Crippen LogP contribution >= 0.6 is 0 Å². The number of halogens is 3. The fraction of sp³-hybridized carbons (Fsp3) is 0.625. The predicted octanol–water partition coefficient (Wildman–Crippen LogP) is 3.12. The smallest absolute Gasteiger partial charge is 0.436 e. The van der Waals surface area contributed by atoms with Crippen LogP contribution in [0.2, 0.25) is 0 Å². The third kappa shape index (κ3) is 6.33. The Hall–Kier alpha value is -2.90. The van der Waals surface area contributed by atoms with Gasteiger partial charge < -0.3 is 19.6 Å². The molecule has 3 aliphatic rings. The Morgan fingerprint density at radius 3 is 2.38 bits per heavy atom. The number of aromatic nitrogens is 2. The highest BCUT2D eigenvalue weighted by molar-refractivity contribution is 5.27. The van der Waals surface area contributed by atoms with Crippen molar-refractivity contribution in [2.24, 2.45) is 0 Å². The molecule has 2 fully saturated rings. The van der Waals surface area contributed by atoms with Crippen molar-refractivity contribution in [1.29, 1.82) is 0 Å². The lowest BCUT2D eigenvalue weighted by Crippen LogP contribution is -2.56. The molecule has 3 aliphatic heterocycles. The van der Waals surface area contributed by atoms with Gasteiger partial charge in [-0.15, -0.1) is 13.2 Å². The normalized spacial score (nSPS) is 24.1. The quantitative estimate of drug-likeness (QED) is 0.403. The van der Waals surface area contributed by atoms with E-state index in [1.165, 1.54) is 18.3 Å². The van der Waals surface area contributed by atoms with Crippen molar-refractivity contribution in [3.8, 4) is 11.8 Å². The lowest BCUT2D eigenvalue weighted by Gasteiger charge is -2.43. The van der Waals surface area contributed by atoms with E-state index in [9.17, 15) is 23.3 Å². The Morgan fingerprint density at radius 2 is 1.78 bits per heavy atom. The van der Waals surface area contributed by atoms with Crippen molar-refractivity contribution in [3.63, 3.8) is 0 Å². The molecule has 0 radical (unpaired) electrons. The molecule has 0 N–H and O–H groups in total. The van der Waals surface area contributed by atoms with Gasteiger partial charge in [-0.05, 0) is 55.5 Å². The van der Waals surface area contributed by atoms with Crippen LogP contribution in [0, 0.1) is 10.1 Å². The zero-order valence-electron chi connectivity index (χ0n) is 20.7. The van der Waals surface area contributed by atoms with Gasteiger partial charge in [-0.2, -0.15) is 0 Å². The molecule has 5 rings (SSSR count). The highest BCUT2D eigenvalue weighted by atomic mass is 19.4. The van der Waals surface area contributed by atoms with E-state index in [1.54, 1.807) is 16.7 Å². The Morgan fingerprint density at radius 1 is 1.11 bits per heavy atom. The first-order chi connectivity index (χ1) is 17.6. The lowest BCUT2D eigenvalue weighted by molar-refractivity contribution is -0.389. The van der Waals surface area contributed by atoms with Gasteiger partial charge in [0.2, 0.25) is 0 Å². The van der Waals surface area contributed by atoms with Crippen molar-refractivity contribution in [2.75, 3.05) is 45.8 Å². The van der Waals surface area contributed by atoms with Gasteiger partial charge in [0.25, 0.3) is 0 Å². The second-order valence-corrected chi connectivity index (χ2v) is 10.3. The number of nitrogens with zero attached hydrogens (tertiary/aromatic N) is 6. The molecule has 2 aromatic rings. The molecule has 0 spiro atoms. The lowest BCUT2D eigenvalue weighted by atomic mass is 10.0. The molecule has 1 atom stereocenters. The number of piperazine rings is 1. The van der Waals surface area contributed by atoms with Crippen molar-refractivity contribution < 1.29 is 27.6 Å². The van der Waals surface area contributed by atoms with Crippen LogP contribution in [0.1, 0.15) is 25.3 Å². The molecule has 0 amide bonds. The molecular formula is C24H31F3N6O4. The Labute approximate surface area is 212 Å². The Balaban J connectivity index is 1.03. The van der Waals surface area contributed by atoms with Gasteiger partial charge in [0.05, 0.1) is 6.54 Å². The number of hydrogen-bond donors (Lipinski definition) is 0. The molecule has 10 nitrogen and oxygen atoms in total. The summed E-state index contributed by atoms with van der Waals surface area (Å²) in [5.41, 5.74) is 0.517. The van der Waals surface area contributed by atoms with Gasteiger partial charge in [-0.3, -0.25) is 19.3 Å². The average Bonchev–Trinajstić information content (AvgIpc) is 3.36. The molecule has 0 saturated carbocycles. The fourth-order valence-electron chi connectivity index (χ4n) is 5.62. The topological polar surface area (TPSA) is 89.1 Å². The van der Waals surface area contributed by atoms with Crippen LogP contribution in [-0.2, 0) is 13.1 Å². The minimum absolute atomic E-state index is 0.190. The number of piperidine rings is 1. The second-order valence-electron chi connectivity index (χ2n) is 10.3. The molecule has 202 valence electrons. The first-order valence-corrected chi connectivity index (χ1v) is 12.5. The summed E-state index contributed by atoms with van der Waals surface area (Å²) in [6, 6.07) is 6.95. The van der Waals surface area contributed by atoms with Crippen molar-refractivity contribution in [1.82, 2.24) is 24.3 Å². The van der Waals surface area contributed by atoms with Gasteiger partial charge >= 0.3 is 18.2 Å². The Bertz CT molecular complexity index is 1070. The van der Waals surface area contributed by atoms with Crippen molar-refractivity contribution in [2.45, 2.75) is 50.9 Å². The molecule has 1 aromatic heterocycles. The first-order valence-electron chi connectivity index (χ1n) is 12.5. The monoisotopic (exact) mass is 524 g/mol. The van der Waals surface area contributed by atoms with Crippen LogP contribution in [0.25, 0.3) is 0 Å². The van der Waals surface area contributed by atoms with Crippen LogP contribution in [0.3, 0.4) is 0 Å². The summed E-state index contributed by atoms with van der Waals surface area (Å²) in [4.78, 5) is 21.7. The van der Waals surface area contributed by atoms with Crippen LogP contribution in [-0.4, -0.2) is 93.0 Å². The van der Waals surface area contributed by atoms with Gasteiger partial charge in [-0.1, -0.05) is 12.1 Å². The summed E-state index contributed by atoms with van der Waals surface area (Å²) < 4.78 is 48.7. The molecular weight excluding hydrogens is 493 g/mol. The van der Waals surface area contributed by atoms with E-state index in [2.05, 4.69) is 24.4 Å². The van der Waals surface area contributed by atoms with Crippen LogP contribution in [0.4, 0.5) is 19.0 Å². The SMILES string of the molecule is C[C@]1(CN2CCN(C3CCN(Cc4ccc(OC(F)(F)F)cc4)CC3)CC2)Cn2cc([N+](=O)[O-])nc2O1. The number of imidazole rings is 1. The highest BCUT2D eigenvalue weighted by Crippen LogP contribution is 2.32. The highest BCUT2D eigenvalue weighted by Gasteiger charge is 2.42. The number of fused-ring (bicyclic) bond motifs is 1.